The third-order valence-electron chi connectivity index (χ3n) is 4.81. The molecule has 2 heterocycles. The number of hydrogen-bond donors (Lipinski definition) is 0. The average Bonchev–Trinajstić information content (AvgIpc) is 2.95. The maximum Gasteiger partial charge on any atom is 0.226 e. The maximum absolute atomic E-state index is 13.1. The van der Waals surface area contributed by atoms with Gasteiger partial charge in [0, 0.05) is 18.4 Å². The molecule has 1 aliphatic carbocycles. The predicted molar refractivity (Wildman–Crippen MR) is 79.6 cm³/mol. The van der Waals surface area contributed by atoms with Crippen molar-refractivity contribution in [3.8, 4) is 0 Å². The highest BCUT2D eigenvalue weighted by atomic mass is 19.1. The highest BCUT2D eigenvalue weighted by molar-refractivity contribution is 5.83. The van der Waals surface area contributed by atoms with Gasteiger partial charge in [0.1, 0.15) is 11.6 Å². The fourth-order valence-corrected chi connectivity index (χ4v) is 3.56. The molecule has 1 aromatic heterocycles. The third kappa shape index (κ3) is 2.32. The van der Waals surface area contributed by atoms with Crippen LogP contribution in [0.4, 0.5) is 4.39 Å². The lowest BCUT2D eigenvalue weighted by molar-refractivity contribution is -0.133. The number of hydrogen-bond acceptors (Lipinski definition) is 2. The Labute approximate surface area is 128 Å². The average molecular weight is 299 g/mol. The first-order chi connectivity index (χ1) is 10.7. The molecule has 0 bridgehead atoms. The highest BCUT2D eigenvalue weighted by Gasteiger charge is 2.49. The summed E-state index contributed by atoms with van der Waals surface area (Å²) < 4.78 is 18.5. The molecule has 1 saturated heterocycles. The SMILES string of the molecule is O=C([C@@H]1C[C@@H]1c1ccco1)N1CCC[C@@H]1c1ccc(F)cc1. The summed E-state index contributed by atoms with van der Waals surface area (Å²) in [5.74, 6) is 1.17. The van der Waals surface area contributed by atoms with E-state index in [4.69, 9.17) is 4.42 Å². The van der Waals surface area contributed by atoms with Gasteiger partial charge >= 0.3 is 0 Å². The number of carbonyl (C=O) groups is 1. The number of amides is 1. The molecule has 4 heteroatoms. The second-order valence-corrected chi connectivity index (χ2v) is 6.21. The molecule has 0 N–H and O–H groups in total. The van der Waals surface area contributed by atoms with Crippen molar-refractivity contribution < 1.29 is 13.6 Å². The van der Waals surface area contributed by atoms with Gasteiger partial charge in [-0.05, 0) is 49.1 Å². The summed E-state index contributed by atoms with van der Waals surface area (Å²) >= 11 is 0. The maximum atomic E-state index is 13.1. The van der Waals surface area contributed by atoms with Crippen LogP contribution in [-0.2, 0) is 4.79 Å². The van der Waals surface area contributed by atoms with Gasteiger partial charge < -0.3 is 9.32 Å². The Balaban J connectivity index is 1.49. The van der Waals surface area contributed by atoms with Crippen molar-refractivity contribution in [2.45, 2.75) is 31.2 Å². The smallest absolute Gasteiger partial charge is 0.226 e. The highest BCUT2D eigenvalue weighted by Crippen LogP contribution is 2.50. The Morgan fingerprint density at radius 2 is 2.05 bits per heavy atom. The van der Waals surface area contributed by atoms with Crippen LogP contribution in [0.5, 0.6) is 0 Å². The molecule has 0 spiro atoms. The van der Waals surface area contributed by atoms with E-state index in [1.165, 1.54) is 12.1 Å². The molecule has 1 aromatic carbocycles. The molecule has 3 atom stereocenters. The topological polar surface area (TPSA) is 33.5 Å². The van der Waals surface area contributed by atoms with Crippen LogP contribution in [0.3, 0.4) is 0 Å². The van der Waals surface area contributed by atoms with Gasteiger partial charge in [0.2, 0.25) is 5.91 Å². The first-order valence-corrected chi connectivity index (χ1v) is 7.83. The van der Waals surface area contributed by atoms with E-state index in [1.54, 1.807) is 18.4 Å². The van der Waals surface area contributed by atoms with Crippen LogP contribution < -0.4 is 0 Å². The van der Waals surface area contributed by atoms with Crippen molar-refractivity contribution in [2.75, 3.05) is 6.54 Å². The lowest BCUT2D eigenvalue weighted by atomic mass is 10.0. The molecule has 1 aliphatic heterocycles. The molecule has 2 fully saturated rings. The van der Waals surface area contributed by atoms with Gasteiger partial charge in [-0.3, -0.25) is 4.79 Å². The minimum absolute atomic E-state index is 0.0483. The largest absolute Gasteiger partial charge is 0.469 e. The molecule has 1 amide bonds. The van der Waals surface area contributed by atoms with E-state index in [-0.39, 0.29) is 29.6 Å². The molecule has 4 rings (SSSR count). The fourth-order valence-electron chi connectivity index (χ4n) is 3.56. The zero-order chi connectivity index (χ0) is 15.1. The molecule has 1 saturated carbocycles. The fraction of sp³-hybridized carbons (Fsp3) is 0.389. The number of furan rings is 1. The van der Waals surface area contributed by atoms with Gasteiger partial charge in [-0.15, -0.1) is 0 Å². The molecule has 2 aromatic rings. The van der Waals surface area contributed by atoms with Crippen molar-refractivity contribution in [3.05, 3.63) is 59.8 Å². The third-order valence-corrected chi connectivity index (χ3v) is 4.81. The van der Waals surface area contributed by atoms with Crippen LogP contribution in [0.15, 0.2) is 47.1 Å². The van der Waals surface area contributed by atoms with Crippen molar-refractivity contribution in [1.82, 2.24) is 4.90 Å². The summed E-state index contributed by atoms with van der Waals surface area (Å²) in [6, 6.07) is 10.4. The summed E-state index contributed by atoms with van der Waals surface area (Å²) in [6.07, 6.45) is 4.49. The zero-order valence-electron chi connectivity index (χ0n) is 12.2. The van der Waals surface area contributed by atoms with Crippen molar-refractivity contribution in [1.29, 1.82) is 0 Å². The molecule has 114 valence electrons. The summed E-state index contributed by atoms with van der Waals surface area (Å²) in [7, 11) is 0. The Hall–Kier alpha value is -2.10. The lowest BCUT2D eigenvalue weighted by Crippen LogP contribution is -2.32. The second kappa shape index (κ2) is 5.27. The normalized spacial score (nSPS) is 27.1. The lowest BCUT2D eigenvalue weighted by Gasteiger charge is -2.25. The number of likely N-dealkylation sites (tertiary alicyclic amines) is 1. The van der Waals surface area contributed by atoms with Crippen molar-refractivity contribution in [3.63, 3.8) is 0 Å². The first-order valence-electron chi connectivity index (χ1n) is 7.83. The molecular formula is C18H18FNO2. The van der Waals surface area contributed by atoms with E-state index in [0.717, 1.165) is 37.1 Å². The minimum Gasteiger partial charge on any atom is -0.469 e. The molecule has 0 unspecified atom stereocenters. The number of rotatable bonds is 3. The predicted octanol–water partition coefficient (Wildman–Crippen LogP) is 3.89. The Bertz CT molecular complexity index is 665. The summed E-state index contributed by atoms with van der Waals surface area (Å²) in [5.41, 5.74) is 1.03. The summed E-state index contributed by atoms with van der Waals surface area (Å²) in [4.78, 5) is 14.7. The first kappa shape index (κ1) is 13.6. The van der Waals surface area contributed by atoms with E-state index < -0.39 is 0 Å². The van der Waals surface area contributed by atoms with Crippen LogP contribution in [0.2, 0.25) is 0 Å². The number of benzene rings is 1. The van der Waals surface area contributed by atoms with E-state index >= 15 is 0 Å². The molecule has 22 heavy (non-hydrogen) atoms. The Morgan fingerprint density at radius 1 is 1.23 bits per heavy atom. The van der Waals surface area contributed by atoms with Crippen molar-refractivity contribution in [2.24, 2.45) is 5.92 Å². The second-order valence-electron chi connectivity index (χ2n) is 6.21. The number of carbonyl (C=O) groups excluding carboxylic acids is 1. The van der Waals surface area contributed by atoms with E-state index in [0.29, 0.717) is 0 Å². The Morgan fingerprint density at radius 3 is 2.77 bits per heavy atom. The minimum atomic E-state index is -0.236. The molecule has 3 nitrogen and oxygen atoms in total. The molecular weight excluding hydrogens is 281 g/mol. The van der Waals surface area contributed by atoms with E-state index in [9.17, 15) is 9.18 Å². The van der Waals surface area contributed by atoms with Crippen LogP contribution >= 0.6 is 0 Å². The number of halogens is 1. The summed E-state index contributed by atoms with van der Waals surface area (Å²) in [6.45, 7) is 0.794. The number of nitrogens with zero attached hydrogens (tertiary/aromatic N) is 1. The van der Waals surface area contributed by atoms with Gasteiger partial charge in [0.15, 0.2) is 0 Å². The monoisotopic (exact) mass is 299 g/mol. The van der Waals surface area contributed by atoms with Gasteiger partial charge in [0.25, 0.3) is 0 Å². The summed E-state index contributed by atoms with van der Waals surface area (Å²) in [5, 5.41) is 0. The van der Waals surface area contributed by atoms with Crippen LogP contribution in [0, 0.1) is 11.7 Å². The van der Waals surface area contributed by atoms with Gasteiger partial charge in [-0.25, -0.2) is 4.39 Å². The molecule has 2 aliphatic rings. The van der Waals surface area contributed by atoms with Crippen LogP contribution in [-0.4, -0.2) is 17.4 Å². The van der Waals surface area contributed by atoms with Gasteiger partial charge in [-0.2, -0.15) is 0 Å². The van der Waals surface area contributed by atoms with Crippen LogP contribution in [0.25, 0.3) is 0 Å². The van der Waals surface area contributed by atoms with E-state index in [2.05, 4.69) is 0 Å². The van der Waals surface area contributed by atoms with E-state index in [1.807, 2.05) is 17.0 Å². The van der Waals surface area contributed by atoms with Gasteiger partial charge in [-0.1, -0.05) is 12.1 Å². The molecule has 0 radical (unpaired) electrons. The zero-order valence-corrected chi connectivity index (χ0v) is 12.2. The standard InChI is InChI=1S/C18H18FNO2/c19-13-7-5-12(6-8-13)16-3-1-9-20(16)18(21)15-11-14(15)17-4-2-10-22-17/h2,4-8,10,14-16H,1,3,9,11H2/t14-,15+,16+/m0/s1. The van der Waals surface area contributed by atoms with Gasteiger partial charge in [0.05, 0.1) is 12.3 Å². The van der Waals surface area contributed by atoms with Crippen LogP contribution in [0.1, 0.15) is 42.5 Å². The Kier molecular flexibility index (Phi) is 3.25. The van der Waals surface area contributed by atoms with Crippen molar-refractivity contribution >= 4 is 5.91 Å². The quantitative estimate of drug-likeness (QED) is 0.861.